The highest BCUT2D eigenvalue weighted by Crippen LogP contribution is 2.29. The molecule has 17 heavy (non-hydrogen) atoms. The lowest BCUT2D eigenvalue weighted by Gasteiger charge is -2.07. The minimum absolute atomic E-state index is 0.643. The van der Waals surface area contributed by atoms with E-state index in [9.17, 15) is 0 Å². The van der Waals surface area contributed by atoms with Gasteiger partial charge in [-0.05, 0) is 37.3 Å². The Hall–Kier alpha value is -1.16. The van der Waals surface area contributed by atoms with Crippen LogP contribution in [0.15, 0.2) is 12.1 Å². The molecule has 94 valence electrons. The van der Waals surface area contributed by atoms with Crippen molar-refractivity contribution in [3.63, 3.8) is 0 Å². The van der Waals surface area contributed by atoms with Gasteiger partial charge in [0.15, 0.2) is 0 Å². The Bertz CT molecular complexity index is 333. The average Bonchev–Trinajstić information content (AvgIpc) is 3.11. The van der Waals surface area contributed by atoms with Crippen LogP contribution in [0.25, 0.3) is 0 Å². The molecule has 0 radical (unpaired) electrons. The van der Waals surface area contributed by atoms with Gasteiger partial charge in [0, 0.05) is 12.6 Å². The monoisotopic (exact) mass is 235 g/mol. The SMILES string of the molecule is CC(C)CNCc1ccc(OCC2CC2)nn1. The molecule has 0 bridgehead atoms. The van der Waals surface area contributed by atoms with Gasteiger partial charge in [-0.3, -0.25) is 0 Å². The summed E-state index contributed by atoms with van der Waals surface area (Å²) in [5.41, 5.74) is 0.962. The first-order valence-corrected chi connectivity index (χ1v) is 6.40. The number of nitrogens with one attached hydrogen (secondary N) is 1. The minimum Gasteiger partial charge on any atom is -0.476 e. The molecule has 1 N–H and O–H groups in total. The van der Waals surface area contributed by atoms with Crippen LogP contribution in [-0.4, -0.2) is 23.3 Å². The third-order valence-corrected chi connectivity index (χ3v) is 2.72. The molecule has 0 atom stereocenters. The predicted octanol–water partition coefficient (Wildman–Crippen LogP) is 2.01. The molecule has 0 unspecified atom stereocenters. The number of nitrogens with zero attached hydrogens (tertiary/aromatic N) is 2. The van der Waals surface area contributed by atoms with E-state index in [4.69, 9.17) is 4.74 Å². The molecule has 1 saturated carbocycles. The maximum absolute atomic E-state index is 5.53. The second kappa shape index (κ2) is 5.96. The molecule has 1 aliphatic carbocycles. The lowest BCUT2D eigenvalue weighted by molar-refractivity contribution is 0.284. The lowest BCUT2D eigenvalue weighted by atomic mass is 10.2. The van der Waals surface area contributed by atoms with Crippen molar-refractivity contribution in [2.45, 2.75) is 33.2 Å². The molecular weight excluding hydrogens is 214 g/mol. The molecule has 1 fully saturated rings. The third kappa shape index (κ3) is 4.69. The molecular formula is C13H21N3O. The van der Waals surface area contributed by atoms with Crippen LogP contribution in [0, 0.1) is 11.8 Å². The molecule has 1 heterocycles. The molecule has 4 heteroatoms. The van der Waals surface area contributed by atoms with Crippen LogP contribution in [0.5, 0.6) is 5.88 Å². The van der Waals surface area contributed by atoms with Crippen molar-refractivity contribution in [1.29, 1.82) is 0 Å². The molecule has 0 aromatic carbocycles. The van der Waals surface area contributed by atoms with Crippen molar-refractivity contribution in [3.8, 4) is 5.88 Å². The van der Waals surface area contributed by atoms with Crippen molar-refractivity contribution >= 4 is 0 Å². The highest BCUT2D eigenvalue weighted by atomic mass is 16.5. The minimum atomic E-state index is 0.643. The Balaban J connectivity index is 1.72. The molecule has 1 aromatic heterocycles. The maximum Gasteiger partial charge on any atom is 0.233 e. The zero-order valence-electron chi connectivity index (χ0n) is 10.6. The van der Waals surface area contributed by atoms with E-state index in [0.717, 1.165) is 31.3 Å². The Labute approximate surface area is 103 Å². The van der Waals surface area contributed by atoms with Gasteiger partial charge in [0.1, 0.15) is 0 Å². The summed E-state index contributed by atoms with van der Waals surface area (Å²) in [6, 6.07) is 3.88. The first-order valence-electron chi connectivity index (χ1n) is 6.40. The Morgan fingerprint density at radius 1 is 1.35 bits per heavy atom. The average molecular weight is 235 g/mol. The number of ether oxygens (including phenoxy) is 1. The van der Waals surface area contributed by atoms with Gasteiger partial charge in [0.25, 0.3) is 0 Å². The van der Waals surface area contributed by atoms with Crippen molar-refractivity contribution in [2.24, 2.45) is 11.8 Å². The third-order valence-electron chi connectivity index (χ3n) is 2.72. The van der Waals surface area contributed by atoms with E-state index in [-0.39, 0.29) is 0 Å². The zero-order chi connectivity index (χ0) is 12.1. The normalized spacial score (nSPS) is 15.2. The van der Waals surface area contributed by atoms with Crippen molar-refractivity contribution in [3.05, 3.63) is 17.8 Å². The molecule has 2 rings (SSSR count). The highest BCUT2D eigenvalue weighted by molar-refractivity contribution is 5.11. The van der Waals surface area contributed by atoms with Crippen molar-refractivity contribution in [1.82, 2.24) is 15.5 Å². The standard InChI is InChI=1S/C13H21N3O/c1-10(2)7-14-8-12-5-6-13(16-15-12)17-9-11-3-4-11/h5-6,10-11,14H,3-4,7-9H2,1-2H3. The van der Waals surface area contributed by atoms with Gasteiger partial charge in [-0.2, -0.15) is 5.10 Å². The first-order chi connectivity index (χ1) is 8.24. The summed E-state index contributed by atoms with van der Waals surface area (Å²) in [4.78, 5) is 0. The largest absolute Gasteiger partial charge is 0.476 e. The van der Waals surface area contributed by atoms with E-state index in [1.807, 2.05) is 12.1 Å². The Morgan fingerprint density at radius 3 is 2.76 bits per heavy atom. The summed E-state index contributed by atoms with van der Waals surface area (Å²) in [6.07, 6.45) is 2.59. The van der Waals surface area contributed by atoms with Crippen LogP contribution in [0.3, 0.4) is 0 Å². The van der Waals surface area contributed by atoms with E-state index in [0.29, 0.717) is 11.8 Å². The van der Waals surface area contributed by atoms with Crippen LogP contribution in [0.4, 0.5) is 0 Å². The number of hydrogen-bond donors (Lipinski definition) is 1. The van der Waals surface area contributed by atoms with Gasteiger partial charge in [0.05, 0.1) is 12.3 Å². The van der Waals surface area contributed by atoms with Crippen molar-refractivity contribution in [2.75, 3.05) is 13.2 Å². The maximum atomic E-state index is 5.53. The molecule has 0 aliphatic heterocycles. The van der Waals surface area contributed by atoms with E-state index in [2.05, 4.69) is 29.4 Å². The van der Waals surface area contributed by atoms with E-state index in [1.165, 1.54) is 12.8 Å². The summed E-state index contributed by atoms with van der Waals surface area (Å²) < 4.78 is 5.53. The quantitative estimate of drug-likeness (QED) is 0.785. The van der Waals surface area contributed by atoms with Crippen LogP contribution in [0.1, 0.15) is 32.4 Å². The molecule has 1 aromatic rings. The van der Waals surface area contributed by atoms with Crippen LogP contribution < -0.4 is 10.1 Å². The molecule has 1 aliphatic rings. The summed E-state index contributed by atoms with van der Waals surface area (Å²) in [5, 5.41) is 11.5. The van der Waals surface area contributed by atoms with E-state index < -0.39 is 0 Å². The molecule has 0 amide bonds. The number of rotatable bonds is 7. The fourth-order valence-electron chi connectivity index (χ4n) is 1.50. The predicted molar refractivity (Wildman–Crippen MR) is 66.8 cm³/mol. The highest BCUT2D eigenvalue weighted by Gasteiger charge is 2.22. The summed E-state index contributed by atoms with van der Waals surface area (Å²) >= 11 is 0. The lowest BCUT2D eigenvalue weighted by Crippen LogP contribution is -2.19. The van der Waals surface area contributed by atoms with Gasteiger partial charge < -0.3 is 10.1 Å². The van der Waals surface area contributed by atoms with Crippen LogP contribution >= 0.6 is 0 Å². The Kier molecular flexibility index (Phi) is 4.31. The van der Waals surface area contributed by atoms with Gasteiger partial charge in [-0.1, -0.05) is 13.8 Å². The van der Waals surface area contributed by atoms with Crippen molar-refractivity contribution < 1.29 is 4.74 Å². The van der Waals surface area contributed by atoms with Gasteiger partial charge in [-0.15, -0.1) is 5.10 Å². The molecule has 0 spiro atoms. The fraction of sp³-hybridized carbons (Fsp3) is 0.692. The summed E-state index contributed by atoms with van der Waals surface area (Å²) in [7, 11) is 0. The van der Waals surface area contributed by atoms with E-state index >= 15 is 0 Å². The number of hydrogen-bond acceptors (Lipinski definition) is 4. The topological polar surface area (TPSA) is 47.0 Å². The van der Waals surface area contributed by atoms with E-state index in [1.54, 1.807) is 0 Å². The summed E-state index contributed by atoms with van der Waals surface area (Å²) in [6.45, 7) is 6.94. The van der Waals surface area contributed by atoms with Gasteiger partial charge in [0.2, 0.25) is 5.88 Å². The smallest absolute Gasteiger partial charge is 0.233 e. The Morgan fingerprint density at radius 2 is 2.18 bits per heavy atom. The second-order valence-electron chi connectivity index (χ2n) is 5.14. The second-order valence-corrected chi connectivity index (χ2v) is 5.14. The van der Waals surface area contributed by atoms with Gasteiger partial charge >= 0.3 is 0 Å². The first kappa shape index (κ1) is 12.3. The van der Waals surface area contributed by atoms with Gasteiger partial charge in [-0.25, -0.2) is 0 Å². The molecule has 0 saturated heterocycles. The van der Waals surface area contributed by atoms with Crippen LogP contribution in [0.2, 0.25) is 0 Å². The number of aromatic nitrogens is 2. The zero-order valence-corrected chi connectivity index (χ0v) is 10.6. The summed E-state index contributed by atoms with van der Waals surface area (Å²) in [5.74, 6) is 2.05. The molecule has 4 nitrogen and oxygen atoms in total. The van der Waals surface area contributed by atoms with Crippen LogP contribution in [-0.2, 0) is 6.54 Å². The fourth-order valence-corrected chi connectivity index (χ4v) is 1.50.